The molecule has 0 radical (unpaired) electrons. The van der Waals surface area contributed by atoms with Gasteiger partial charge in [-0.3, -0.25) is 4.79 Å². The van der Waals surface area contributed by atoms with Gasteiger partial charge in [-0.15, -0.1) is 11.3 Å². The lowest BCUT2D eigenvalue weighted by Gasteiger charge is -2.16. The summed E-state index contributed by atoms with van der Waals surface area (Å²) in [6, 6.07) is 11.8. The Morgan fingerprint density at radius 1 is 1.07 bits per heavy atom. The number of esters is 1. The quantitative estimate of drug-likeness (QED) is 0.552. The number of benzene rings is 2. The SMILES string of the molecule is Cc1cc(C)c(OCC(=O)OCC(=O)N(C)Cc2nc3ccccc3s2)c(C)c1. The van der Waals surface area contributed by atoms with E-state index in [9.17, 15) is 9.59 Å². The molecule has 0 N–H and O–H groups in total. The summed E-state index contributed by atoms with van der Waals surface area (Å²) in [6.07, 6.45) is 0. The van der Waals surface area contributed by atoms with Crippen molar-refractivity contribution in [3.8, 4) is 5.75 Å². The Balaban J connectivity index is 1.47. The van der Waals surface area contributed by atoms with Crippen LogP contribution in [0.1, 0.15) is 21.7 Å². The van der Waals surface area contributed by atoms with Gasteiger partial charge < -0.3 is 14.4 Å². The van der Waals surface area contributed by atoms with Crippen molar-refractivity contribution in [2.45, 2.75) is 27.3 Å². The molecule has 0 aliphatic rings. The highest BCUT2D eigenvalue weighted by Crippen LogP contribution is 2.24. The van der Waals surface area contributed by atoms with Gasteiger partial charge in [-0.25, -0.2) is 9.78 Å². The van der Waals surface area contributed by atoms with E-state index in [0.717, 1.165) is 31.9 Å². The number of hydrogen-bond donors (Lipinski definition) is 0. The lowest BCUT2D eigenvalue weighted by molar-refractivity contribution is -0.153. The van der Waals surface area contributed by atoms with Gasteiger partial charge in [0, 0.05) is 7.05 Å². The van der Waals surface area contributed by atoms with Crippen LogP contribution in [-0.2, 0) is 20.9 Å². The highest BCUT2D eigenvalue weighted by atomic mass is 32.1. The van der Waals surface area contributed by atoms with Crippen molar-refractivity contribution in [1.29, 1.82) is 0 Å². The van der Waals surface area contributed by atoms with Gasteiger partial charge >= 0.3 is 5.97 Å². The van der Waals surface area contributed by atoms with Gasteiger partial charge in [0.1, 0.15) is 10.8 Å². The summed E-state index contributed by atoms with van der Waals surface area (Å²) in [4.78, 5) is 30.3. The molecule has 0 saturated heterocycles. The molecule has 0 saturated carbocycles. The lowest BCUT2D eigenvalue weighted by atomic mass is 10.1. The van der Waals surface area contributed by atoms with Gasteiger partial charge in [-0.05, 0) is 44.0 Å². The van der Waals surface area contributed by atoms with Crippen molar-refractivity contribution in [3.05, 3.63) is 58.1 Å². The number of carbonyl (C=O) groups is 2. The summed E-state index contributed by atoms with van der Waals surface area (Å²) in [6.45, 7) is 5.68. The van der Waals surface area contributed by atoms with Gasteiger partial charge in [0.2, 0.25) is 0 Å². The molecule has 0 aliphatic heterocycles. The number of hydrogen-bond acceptors (Lipinski definition) is 6. The average Bonchev–Trinajstić information content (AvgIpc) is 3.07. The number of rotatable bonds is 7. The van der Waals surface area contributed by atoms with Crippen LogP contribution in [0, 0.1) is 20.8 Å². The Labute approximate surface area is 174 Å². The Morgan fingerprint density at radius 2 is 1.76 bits per heavy atom. The predicted octanol–water partition coefficient (Wildman–Crippen LogP) is 3.80. The number of para-hydroxylation sites is 1. The Hall–Kier alpha value is -2.93. The minimum Gasteiger partial charge on any atom is -0.481 e. The second-order valence-corrected chi connectivity index (χ2v) is 8.12. The van der Waals surface area contributed by atoms with Crippen LogP contribution in [0.15, 0.2) is 36.4 Å². The molecule has 0 unspecified atom stereocenters. The maximum absolute atomic E-state index is 12.3. The molecule has 7 heteroatoms. The molecular formula is C22H24N2O4S. The minimum atomic E-state index is -0.578. The third-order valence-electron chi connectivity index (χ3n) is 4.43. The van der Waals surface area contributed by atoms with E-state index in [1.807, 2.05) is 57.2 Å². The number of aromatic nitrogens is 1. The van der Waals surface area contributed by atoms with E-state index in [-0.39, 0.29) is 19.1 Å². The average molecular weight is 413 g/mol. The van der Waals surface area contributed by atoms with E-state index in [4.69, 9.17) is 9.47 Å². The number of nitrogens with zero attached hydrogens (tertiary/aromatic N) is 2. The summed E-state index contributed by atoms with van der Waals surface area (Å²) < 4.78 is 11.8. The smallest absolute Gasteiger partial charge is 0.344 e. The third kappa shape index (κ3) is 5.32. The molecule has 3 rings (SSSR count). The van der Waals surface area contributed by atoms with E-state index in [0.29, 0.717) is 12.3 Å². The van der Waals surface area contributed by atoms with Gasteiger partial charge in [-0.1, -0.05) is 29.8 Å². The van der Waals surface area contributed by atoms with Crippen LogP contribution in [0.2, 0.25) is 0 Å². The molecule has 1 heterocycles. The number of amides is 1. The maximum Gasteiger partial charge on any atom is 0.344 e. The molecule has 29 heavy (non-hydrogen) atoms. The number of likely N-dealkylation sites (N-methyl/N-ethyl adjacent to an activating group) is 1. The van der Waals surface area contributed by atoms with Crippen LogP contribution in [0.3, 0.4) is 0 Å². The first-order chi connectivity index (χ1) is 13.8. The van der Waals surface area contributed by atoms with Crippen molar-refractivity contribution in [1.82, 2.24) is 9.88 Å². The zero-order valence-corrected chi connectivity index (χ0v) is 17.8. The first-order valence-electron chi connectivity index (χ1n) is 9.28. The van der Waals surface area contributed by atoms with Crippen molar-refractivity contribution < 1.29 is 19.1 Å². The van der Waals surface area contributed by atoms with E-state index in [2.05, 4.69) is 4.98 Å². The molecule has 0 atom stereocenters. The van der Waals surface area contributed by atoms with Crippen LogP contribution in [0.5, 0.6) is 5.75 Å². The summed E-state index contributed by atoms with van der Waals surface area (Å²) in [5.74, 6) is -0.196. The van der Waals surface area contributed by atoms with Gasteiger partial charge in [0.05, 0.1) is 16.8 Å². The minimum absolute atomic E-state index is 0.237. The largest absolute Gasteiger partial charge is 0.481 e. The van der Waals surface area contributed by atoms with Crippen LogP contribution < -0.4 is 4.74 Å². The zero-order chi connectivity index (χ0) is 21.0. The number of ether oxygens (including phenoxy) is 2. The fourth-order valence-electron chi connectivity index (χ4n) is 3.10. The monoisotopic (exact) mass is 412 g/mol. The standard InChI is InChI=1S/C22H24N2O4S/c1-14-9-15(2)22(16(3)10-14)28-13-21(26)27-12-20(25)24(4)11-19-23-17-7-5-6-8-18(17)29-19/h5-10H,11-13H2,1-4H3. The second-order valence-electron chi connectivity index (χ2n) is 7.00. The topological polar surface area (TPSA) is 68.7 Å². The van der Waals surface area contributed by atoms with Crippen LogP contribution >= 0.6 is 11.3 Å². The molecule has 0 fully saturated rings. The normalized spacial score (nSPS) is 10.8. The van der Waals surface area contributed by atoms with Crippen molar-refractivity contribution in [2.75, 3.05) is 20.3 Å². The molecule has 0 spiro atoms. The number of fused-ring (bicyclic) bond motifs is 1. The number of aryl methyl sites for hydroxylation is 3. The molecule has 6 nitrogen and oxygen atoms in total. The second kappa shape index (κ2) is 9.05. The van der Waals surface area contributed by atoms with Crippen molar-refractivity contribution in [3.63, 3.8) is 0 Å². The van der Waals surface area contributed by atoms with E-state index < -0.39 is 5.97 Å². The molecule has 1 amide bonds. The number of thiazole rings is 1. The van der Waals surface area contributed by atoms with E-state index in [1.54, 1.807) is 18.4 Å². The predicted molar refractivity (Wildman–Crippen MR) is 113 cm³/mol. The fourth-order valence-corrected chi connectivity index (χ4v) is 4.12. The maximum atomic E-state index is 12.3. The summed E-state index contributed by atoms with van der Waals surface area (Å²) in [5.41, 5.74) is 3.97. The molecule has 3 aromatic rings. The number of carbonyl (C=O) groups excluding carboxylic acids is 2. The third-order valence-corrected chi connectivity index (χ3v) is 5.45. The zero-order valence-electron chi connectivity index (χ0n) is 17.0. The summed E-state index contributed by atoms with van der Waals surface area (Å²) >= 11 is 1.54. The summed E-state index contributed by atoms with van der Waals surface area (Å²) in [7, 11) is 1.66. The van der Waals surface area contributed by atoms with Gasteiger partial charge in [0.25, 0.3) is 5.91 Å². The fraction of sp³-hybridized carbons (Fsp3) is 0.318. The first-order valence-corrected chi connectivity index (χ1v) is 10.1. The highest BCUT2D eigenvalue weighted by Gasteiger charge is 2.15. The molecule has 0 aliphatic carbocycles. The summed E-state index contributed by atoms with van der Waals surface area (Å²) in [5, 5.41) is 0.835. The Kier molecular flexibility index (Phi) is 6.49. The Morgan fingerprint density at radius 3 is 2.45 bits per heavy atom. The van der Waals surface area contributed by atoms with Crippen LogP contribution in [-0.4, -0.2) is 42.0 Å². The molecule has 152 valence electrons. The van der Waals surface area contributed by atoms with Crippen molar-refractivity contribution >= 4 is 33.4 Å². The lowest BCUT2D eigenvalue weighted by Crippen LogP contribution is -2.31. The van der Waals surface area contributed by atoms with E-state index in [1.165, 1.54) is 4.90 Å². The van der Waals surface area contributed by atoms with Gasteiger partial charge in [0.15, 0.2) is 13.2 Å². The first kappa shape index (κ1) is 20.8. The highest BCUT2D eigenvalue weighted by molar-refractivity contribution is 7.18. The molecule has 0 bridgehead atoms. The van der Waals surface area contributed by atoms with Crippen molar-refractivity contribution in [2.24, 2.45) is 0 Å². The van der Waals surface area contributed by atoms with Crippen LogP contribution in [0.4, 0.5) is 0 Å². The Bertz CT molecular complexity index is 988. The molecule has 1 aromatic heterocycles. The molecule has 2 aromatic carbocycles. The van der Waals surface area contributed by atoms with Gasteiger partial charge in [-0.2, -0.15) is 0 Å². The molecular weight excluding hydrogens is 388 g/mol. The van der Waals surface area contributed by atoms with E-state index >= 15 is 0 Å². The van der Waals surface area contributed by atoms with Crippen LogP contribution in [0.25, 0.3) is 10.2 Å².